The van der Waals surface area contributed by atoms with Gasteiger partial charge in [0.1, 0.15) is 11.8 Å². The van der Waals surface area contributed by atoms with Gasteiger partial charge in [-0.15, -0.1) is 0 Å². The van der Waals surface area contributed by atoms with Gasteiger partial charge in [-0.1, -0.05) is 42.5 Å². The number of aromatic nitrogens is 5. The van der Waals surface area contributed by atoms with Crippen LogP contribution in [0.25, 0.3) is 33.2 Å². The number of fused-ring (bicyclic) bond motifs is 2. The smallest absolute Gasteiger partial charge is 0.182 e. The third kappa shape index (κ3) is 2.66. The number of pyridine rings is 1. The SMILES string of the molecule is Cc1ccccc1-c1cc2ccccc2nc1Cn1cnc2ncnc(N)c21. The van der Waals surface area contributed by atoms with E-state index in [0.717, 1.165) is 27.7 Å². The molecule has 0 aliphatic heterocycles. The second kappa shape index (κ2) is 6.42. The fraction of sp³-hybridized carbons (Fsp3) is 0.0909. The molecule has 5 aromatic rings. The van der Waals surface area contributed by atoms with E-state index in [1.165, 1.54) is 17.5 Å². The topological polar surface area (TPSA) is 82.5 Å². The Morgan fingerprint density at radius 3 is 2.64 bits per heavy atom. The molecule has 28 heavy (non-hydrogen) atoms. The summed E-state index contributed by atoms with van der Waals surface area (Å²) < 4.78 is 1.96. The number of imidazole rings is 1. The number of anilines is 1. The molecule has 0 spiro atoms. The highest BCUT2D eigenvalue weighted by Crippen LogP contribution is 2.30. The van der Waals surface area contributed by atoms with Crippen LogP contribution in [0.3, 0.4) is 0 Å². The molecule has 0 unspecified atom stereocenters. The van der Waals surface area contributed by atoms with Gasteiger partial charge >= 0.3 is 0 Å². The number of hydrogen-bond donors (Lipinski definition) is 1. The van der Waals surface area contributed by atoms with Crippen molar-refractivity contribution in [1.82, 2.24) is 24.5 Å². The molecular formula is C22H18N6. The third-order valence-corrected chi connectivity index (χ3v) is 5.00. The number of nitrogens with zero attached hydrogens (tertiary/aromatic N) is 5. The van der Waals surface area contributed by atoms with Crippen molar-refractivity contribution in [3.63, 3.8) is 0 Å². The van der Waals surface area contributed by atoms with Crippen LogP contribution in [0, 0.1) is 6.92 Å². The summed E-state index contributed by atoms with van der Waals surface area (Å²) >= 11 is 0. The summed E-state index contributed by atoms with van der Waals surface area (Å²) in [4.78, 5) is 17.7. The van der Waals surface area contributed by atoms with Gasteiger partial charge in [-0.05, 0) is 30.2 Å². The zero-order valence-electron chi connectivity index (χ0n) is 15.4. The van der Waals surface area contributed by atoms with E-state index in [1.54, 1.807) is 6.33 Å². The van der Waals surface area contributed by atoms with E-state index in [4.69, 9.17) is 10.7 Å². The highest BCUT2D eigenvalue weighted by Gasteiger charge is 2.14. The number of benzene rings is 2. The Balaban J connectivity index is 1.73. The summed E-state index contributed by atoms with van der Waals surface area (Å²) in [5.74, 6) is 0.417. The van der Waals surface area contributed by atoms with Gasteiger partial charge in [0.2, 0.25) is 0 Å². The van der Waals surface area contributed by atoms with E-state index < -0.39 is 0 Å². The summed E-state index contributed by atoms with van der Waals surface area (Å²) in [7, 11) is 0. The highest BCUT2D eigenvalue weighted by atomic mass is 15.1. The van der Waals surface area contributed by atoms with Crippen molar-refractivity contribution in [3.8, 4) is 11.1 Å². The van der Waals surface area contributed by atoms with Crippen LogP contribution in [-0.4, -0.2) is 24.5 Å². The van der Waals surface area contributed by atoms with Crippen LogP contribution in [0.2, 0.25) is 0 Å². The molecule has 0 bridgehead atoms. The minimum atomic E-state index is 0.417. The van der Waals surface area contributed by atoms with Crippen LogP contribution in [-0.2, 0) is 6.54 Å². The van der Waals surface area contributed by atoms with Gasteiger partial charge in [-0.3, -0.25) is 4.98 Å². The van der Waals surface area contributed by atoms with Crippen LogP contribution in [0.5, 0.6) is 0 Å². The molecule has 6 nitrogen and oxygen atoms in total. The molecule has 0 atom stereocenters. The van der Waals surface area contributed by atoms with Crippen LogP contribution >= 0.6 is 0 Å². The lowest BCUT2D eigenvalue weighted by Gasteiger charge is -2.14. The largest absolute Gasteiger partial charge is 0.382 e. The second-order valence-electron chi connectivity index (χ2n) is 6.79. The summed E-state index contributed by atoms with van der Waals surface area (Å²) in [6, 6.07) is 18.7. The second-order valence-corrected chi connectivity index (χ2v) is 6.79. The maximum atomic E-state index is 6.09. The van der Waals surface area contributed by atoms with Crippen molar-refractivity contribution in [2.75, 3.05) is 5.73 Å². The molecule has 3 heterocycles. The first-order valence-corrected chi connectivity index (χ1v) is 9.06. The molecule has 0 radical (unpaired) electrons. The quantitative estimate of drug-likeness (QED) is 0.522. The monoisotopic (exact) mass is 366 g/mol. The predicted octanol–water partition coefficient (Wildman–Crippen LogP) is 3.98. The number of para-hydroxylation sites is 1. The van der Waals surface area contributed by atoms with Crippen molar-refractivity contribution in [2.24, 2.45) is 0 Å². The average Bonchev–Trinajstić information content (AvgIpc) is 3.12. The van der Waals surface area contributed by atoms with Crippen LogP contribution < -0.4 is 5.73 Å². The molecule has 0 aliphatic carbocycles. The van der Waals surface area contributed by atoms with Crippen molar-refractivity contribution in [2.45, 2.75) is 13.5 Å². The zero-order valence-corrected chi connectivity index (χ0v) is 15.4. The first-order chi connectivity index (χ1) is 13.7. The molecule has 0 amide bonds. The Hall–Kier alpha value is -3.80. The summed E-state index contributed by atoms with van der Waals surface area (Å²) in [5.41, 5.74) is 12.8. The van der Waals surface area contributed by atoms with Gasteiger partial charge in [-0.25, -0.2) is 15.0 Å². The fourth-order valence-corrected chi connectivity index (χ4v) is 3.60. The van der Waals surface area contributed by atoms with Crippen molar-refractivity contribution >= 4 is 27.9 Å². The van der Waals surface area contributed by atoms with E-state index in [1.807, 2.05) is 28.8 Å². The van der Waals surface area contributed by atoms with E-state index in [9.17, 15) is 0 Å². The molecule has 2 N–H and O–H groups in total. The van der Waals surface area contributed by atoms with Crippen molar-refractivity contribution < 1.29 is 0 Å². The molecule has 0 aliphatic rings. The minimum Gasteiger partial charge on any atom is -0.382 e. The highest BCUT2D eigenvalue weighted by molar-refractivity contribution is 5.86. The number of nitrogen functional groups attached to an aromatic ring is 1. The number of nitrogens with two attached hydrogens (primary N) is 1. The third-order valence-electron chi connectivity index (χ3n) is 5.00. The lowest BCUT2D eigenvalue weighted by molar-refractivity contribution is 0.803. The molecule has 0 fully saturated rings. The van der Waals surface area contributed by atoms with Crippen molar-refractivity contribution in [3.05, 3.63) is 78.5 Å². The zero-order chi connectivity index (χ0) is 19.1. The van der Waals surface area contributed by atoms with E-state index in [2.05, 4.69) is 52.2 Å². The van der Waals surface area contributed by atoms with Gasteiger partial charge < -0.3 is 10.3 Å². The molecular weight excluding hydrogens is 348 g/mol. The summed E-state index contributed by atoms with van der Waals surface area (Å²) in [6.45, 7) is 2.65. The lowest BCUT2D eigenvalue weighted by Crippen LogP contribution is -2.06. The van der Waals surface area contributed by atoms with Crippen LogP contribution in [0.1, 0.15) is 11.3 Å². The summed E-state index contributed by atoms with van der Waals surface area (Å²) in [6.07, 6.45) is 3.18. The van der Waals surface area contributed by atoms with Crippen LogP contribution in [0.15, 0.2) is 67.3 Å². The maximum absolute atomic E-state index is 6.09. The van der Waals surface area contributed by atoms with E-state index >= 15 is 0 Å². The van der Waals surface area contributed by atoms with Gasteiger partial charge in [0, 0.05) is 10.9 Å². The molecule has 5 rings (SSSR count). The fourth-order valence-electron chi connectivity index (χ4n) is 3.60. The molecule has 3 aromatic heterocycles. The van der Waals surface area contributed by atoms with Crippen molar-refractivity contribution in [1.29, 1.82) is 0 Å². The molecule has 0 saturated carbocycles. The van der Waals surface area contributed by atoms with Gasteiger partial charge in [0.15, 0.2) is 11.5 Å². The predicted molar refractivity (Wildman–Crippen MR) is 111 cm³/mol. The van der Waals surface area contributed by atoms with E-state index in [-0.39, 0.29) is 0 Å². The first kappa shape index (κ1) is 16.4. The van der Waals surface area contributed by atoms with Gasteiger partial charge in [0.25, 0.3) is 0 Å². The standard InChI is InChI=1S/C22H18N6/c1-14-6-2-4-8-16(14)17-10-15-7-3-5-9-18(15)27-19(17)11-28-13-26-22-20(28)21(23)24-12-25-22/h2-10,12-13H,11H2,1H3,(H2,23,24,25). The Morgan fingerprint density at radius 2 is 1.75 bits per heavy atom. The lowest BCUT2D eigenvalue weighted by atomic mass is 9.97. The Kier molecular flexibility index (Phi) is 3.76. The molecule has 0 saturated heterocycles. The molecule has 2 aromatic carbocycles. The average molecular weight is 366 g/mol. The number of aryl methyl sites for hydroxylation is 1. The minimum absolute atomic E-state index is 0.417. The van der Waals surface area contributed by atoms with Crippen LogP contribution in [0.4, 0.5) is 5.82 Å². The van der Waals surface area contributed by atoms with Gasteiger partial charge in [-0.2, -0.15) is 0 Å². The Labute approximate surface area is 161 Å². The Bertz CT molecular complexity index is 1320. The number of hydrogen-bond acceptors (Lipinski definition) is 5. The number of rotatable bonds is 3. The normalized spacial score (nSPS) is 11.3. The maximum Gasteiger partial charge on any atom is 0.182 e. The van der Waals surface area contributed by atoms with E-state index in [0.29, 0.717) is 18.0 Å². The molecule has 136 valence electrons. The molecule has 6 heteroatoms. The Morgan fingerprint density at radius 1 is 0.929 bits per heavy atom. The summed E-state index contributed by atoms with van der Waals surface area (Å²) in [5, 5.41) is 1.11. The first-order valence-electron chi connectivity index (χ1n) is 9.06. The van der Waals surface area contributed by atoms with Gasteiger partial charge in [0.05, 0.1) is 24.1 Å².